The third-order valence-electron chi connectivity index (χ3n) is 4.44. The monoisotopic (exact) mass is 323 g/mol. The summed E-state index contributed by atoms with van der Waals surface area (Å²) in [5.41, 5.74) is 2.96. The highest BCUT2D eigenvalue weighted by Crippen LogP contribution is 2.17. The lowest BCUT2D eigenvalue weighted by atomic mass is 9.99. The first-order chi connectivity index (χ1) is 10.3. The summed E-state index contributed by atoms with van der Waals surface area (Å²) in [6, 6.07) is 5.64. The summed E-state index contributed by atoms with van der Waals surface area (Å²) in [6.45, 7) is 7.48. The number of benzene rings is 1. The molecule has 0 saturated carbocycles. The topological polar surface area (TPSA) is 54.5 Å². The molecule has 0 aromatic heterocycles. The number of likely N-dealkylation sites (tertiary alicyclic amines) is 1. The van der Waals surface area contributed by atoms with E-state index in [-0.39, 0.29) is 17.4 Å². The first-order valence-corrected chi connectivity index (χ1v) is 9.63. The van der Waals surface area contributed by atoms with Gasteiger partial charge in [-0.1, -0.05) is 25.1 Å². The summed E-state index contributed by atoms with van der Waals surface area (Å²) >= 11 is 0. The van der Waals surface area contributed by atoms with Crippen molar-refractivity contribution < 1.29 is 13.2 Å². The molecule has 1 aromatic carbocycles. The molecule has 22 heavy (non-hydrogen) atoms. The highest BCUT2D eigenvalue weighted by Gasteiger charge is 2.25. The maximum absolute atomic E-state index is 12.3. The van der Waals surface area contributed by atoms with Gasteiger partial charge in [-0.3, -0.25) is 4.79 Å². The molecular weight excluding hydrogens is 298 g/mol. The van der Waals surface area contributed by atoms with E-state index in [4.69, 9.17) is 0 Å². The van der Waals surface area contributed by atoms with Gasteiger partial charge in [-0.2, -0.15) is 0 Å². The molecule has 0 bridgehead atoms. The molecule has 4 nitrogen and oxygen atoms in total. The van der Waals surface area contributed by atoms with Gasteiger partial charge in [0.05, 0.1) is 5.75 Å². The lowest BCUT2D eigenvalue weighted by molar-refractivity contribution is -0.129. The summed E-state index contributed by atoms with van der Waals surface area (Å²) in [6.07, 6.45) is 1.92. The molecule has 1 aromatic rings. The predicted molar refractivity (Wildman–Crippen MR) is 88.4 cm³/mol. The number of sulfone groups is 1. The van der Waals surface area contributed by atoms with Gasteiger partial charge in [-0.15, -0.1) is 0 Å². The number of amides is 1. The Balaban J connectivity index is 1.98. The maximum atomic E-state index is 12.3. The van der Waals surface area contributed by atoms with Gasteiger partial charge in [0.1, 0.15) is 5.75 Å². The van der Waals surface area contributed by atoms with Crippen molar-refractivity contribution in [1.82, 2.24) is 4.90 Å². The fourth-order valence-corrected chi connectivity index (χ4v) is 4.08. The number of carbonyl (C=O) groups excluding carboxylic acids is 1. The van der Waals surface area contributed by atoms with Crippen LogP contribution in [0.15, 0.2) is 18.2 Å². The van der Waals surface area contributed by atoms with E-state index in [1.54, 1.807) is 4.90 Å². The van der Waals surface area contributed by atoms with Crippen LogP contribution in [0.25, 0.3) is 0 Å². The Kier molecular flexibility index (Phi) is 5.27. The molecule has 122 valence electrons. The van der Waals surface area contributed by atoms with Gasteiger partial charge < -0.3 is 4.90 Å². The molecule has 1 fully saturated rings. The third-order valence-corrected chi connectivity index (χ3v) is 5.90. The number of rotatable bonds is 4. The van der Waals surface area contributed by atoms with Crippen LogP contribution in [0, 0.1) is 19.8 Å². The summed E-state index contributed by atoms with van der Waals surface area (Å²) in [7, 11) is -3.42. The number of hydrogen-bond acceptors (Lipinski definition) is 3. The molecule has 0 aliphatic carbocycles. The Morgan fingerprint density at radius 3 is 2.41 bits per heavy atom. The van der Waals surface area contributed by atoms with Crippen LogP contribution in [0.1, 0.15) is 36.5 Å². The SMILES string of the molecule is Cc1ccc(CS(=O)(=O)CC(=O)N2CCC(C)CC2)cc1C. The van der Waals surface area contributed by atoms with E-state index in [1.807, 2.05) is 32.0 Å². The van der Waals surface area contributed by atoms with Crippen molar-refractivity contribution >= 4 is 15.7 Å². The van der Waals surface area contributed by atoms with Crippen LogP contribution in [0.3, 0.4) is 0 Å². The fourth-order valence-electron chi connectivity index (χ4n) is 2.74. The second kappa shape index (κ2) is 6.82. The Morgan fingerprint density at radius 2 is 1.82 bits per heavy atom. The number of piperidine rings is 1. The van der Waals surface area contributed by atoms with E-state index >= 15 is 0 Å². The fraction of sp³-hybridized carbons (Fsp3) is 0.588. The number of aryl methyl sites for hydroxylation is 2. The normalized spacial score (nSPS) is 16.8. The van der Waals surface area contributed by atoms with Crippen LogP contribution >= 0.6 is 0 Å². The van der Waals surface area contributed by atoms with Gasteiger partial charge >= 0.3 is 0 Å². The van der Waals surface area contributed by atoms with E-state index in [0.29, 0.717) is 19.0 Å². The van der Waals surface area contributed by atoms with Gasteiger partial charge in [0, 0.05) is 13.1 Å². The molecule has 5 heteroatoms. The predicted octanol–water partition coefficient (Wildman–Crippen LogP) is 2.48. The molecule has 2 rings (SSSR count). The maximum Gasteiger partial charge on any atom is 0.237 e. The van der Waals surface area contributed by atoms with Crippen LogP contribution in [0.4, 0.5) is 0 Å². The van der Waals surface area contributed by atoms with Crippen molar-refractivity contribution in [2.45, 2.75) is 39.4 Å². The molecule has 1 amide bonds. The van der Waals surface area contributed by atoms with Crippen molar-refractivity contribution in [3.63, 3.8) is 0 Å². The highest BCUT2D eigenvalue weighted by molar-refractivity contribution is 7.91. The van der Waals surface area contributed by atoms with E-state index in [9.17, 15) is 13.2 Å². The molecule has 0 atom stereocenters. The average Bonchev–Trinajstić information content (AvgIpc) is 2.42. The van der Waals surface area contributed by atoms with Crippen LogP contribution in [0.5, 0.6) is 0 Å². The van der Waals surface area contributed by atoms with Crippen molar-refractivity contribution in [1.29, 1.82) is 0 Å². The van der Waals surface area contributed by atoms with E-state index in [1.165, 1.54) is 0 Å². The number of carbonyl (C=O) groups is 1. The van der Waals surface area contributed by atoms with E-state index in [2.05, 4.69) is 6.92 Å². The minimum absolute atomic E-state index is 0.0654. The van der Waals surface area contributed by atoms with E-state index in [0.717, 1.165) is 29.5 Å². The molecular formula is C17H25NO3S. The molecule has 0 N–H and O–H groups in total. The Hall–Kier alpha value is -1.36. The Labute approximate surface area is 133 Å². The van der Waals surface area contributed by atoms with Crippen LogP contribution in [-0.2, 0) is 20.4 Å². The highest BCUT2D eigenvalue weighted by atomic mass is 32.2. The van der Waals surface area contributed by atoms with E-state index < -0.39 is 9.84 Å². The van der Waals surface area contributed by atoms with Gasteiger partial charge in [0.2, 0.25) is 5.91 Å². The number of nitrogens with zero attached hydrogens (tertiary/aromatic N) is 1. The van der Waals surface area contributed by atoms with Gasteiger partial charge in [-0.25, -0.2) is 8.42 Å². The van der Waals surface area contributed by atoms with Crippen molar-refractivity contribution in [3.8, 4) is 0 Å². The van der Waals surface area contributed by atoms with Crippen LogP contribution in [0.2, 0.25) is 0 Å². The summed E-state index contributed by atoms with van der Waals surface area (Å²) in [5, 5.41) is 0. The molecule has 0 radical (unpaired) electrons. The zero-order valence-electron chi connectivity index (χ0n) is 13.6. The molecule has 0 unspecified atom stereocenters. The Bertz CT molecular complexity index is 644. The van der Waals surface area contributed by atoms with Crippen molar-refractivity contribution in [2.24, 2.45) is 5.92 Å². The lowest BCUT2D eigenvalue weighted by Gasteiger charge is -2.30. The minimum Gasteiger partial charge on any atom is -0.342 e. The molecule has 1 heterocycles. The summed E-state index contributed by atoms with van der Waals surface area (Å²) < 4.78 is 24.5. The average molecular weight is 323 g/mol. The summed E-state index contributed by atoms with van der Waals surface area (Å²) in [4.78, 5) is 13.9. The Morgan fingerprint density at radius 1 is 1.18 bits per heavy atom. The second-order valence-electron chi connectivity index (χ2n) is 6.51. The van der Waals surface area contributed by atoms with Crippen LogP contribution in [-0.4, -0.2) is 38.1 Å². The first kappa shape index (κ1) is 17.0. The summed E-state index contributed by atoms with van der Waals surface area (Å²) in [5.74, 6) is -0.0785. The van der Waals surface area contributed by atoms with Crippen molar-refractivity contribution in [3.05, 3.63) is 34.9 Å². The molecule has 1 aliphatic heterocycles. The lowest BCUT2D eigenvalue weighted by Crippen LogP contribution is -2.41. The zero-order chi connectivity index (χ0) is 16.3. The second-order valence-corrected chi connectivity index (χ2v) is 8.58. The standard InChI is InChI=1S/C17H25NO3S/c1-13-6-8-18(9-7-13)17(19)12-22(20,21)11-16-5-4-14(2)15(3)10-16/h4-5,10,13H,6-9,11-12H2,1-3H3. The van der Waals surface area contributed by atoms with Crippen molar-refractivity contribution in [2.75, 3.05) is 18.8 Å². The smallest absolute Gasteiger partial charge is 0.237 e. The van der Waals surface area contributed by atoms with Crippen LogP contribution < -0.4 is 0 Å². The van der Waals surface area contributed by atoms with Gasteiger partial charge in [-0.05, 0) is 49.3 Å². The minimum atomic E-state index is -3.42. The third kappa shape index (κ3) is 4.57. The number of hydrogen-bond donors (Lipinski definition) is 0. The molecule has 1 saturated heterocycles. The van der Waals surface area contributed by atoms with Gasteiger partial charge in [0.15, 0.2) is 9.84 Å². The zero-order valence-corrected chi connectivity index (χ0v) is 14.4. The first-order valence-electron chi connectivity index (χ1n) is 7.81. The quantitative estimate of drug-likeness (QED) is 0.855. The van der Waals surface area contributed by atoms with Gasteiger partial charge in [0.25, 0.3) is 0 Å². The largest absolute Gasteiger partial charge is 0.342 e. The molecule has 1 aliphatic rings. The molecule has 0 spiro atoms.